The minimum absolute atomic E-state index is 1.03. The van der Waals surface area contributed by atoms with Crippen LogP contribution in [-0.4, -0.2) is 9.38 Å². The molecule has 3 heteroatoms. The quantitative estimate of drug-likeness (QED) is 0.701. The van der Waals surface area contributed by atoms with Crippen LogP contribution in [0.5, 0.6) is 0 Å². The SMILES string of the molecule is CC.Cc1c(Br)ccn2c(C)cnc12. The average molecular weight is 255 g/mol. The molecule has 0 radical (unpaired) electrons. The Kier molecular flexibility index (Phi) is 3.69. The molecular formula is C11H15BrN2. The second kappa shape index (κ2) is 4.60. The molecule has 0 bridgehead atoms. The van der Waals surface area contributed by atoms with Gasteiger partial charge in [-0.25, -0.2) is 4.98 Å². The molecule has 0 aliphatic heterocycles. The van der Waals surface area contributed by atoms with E-state index in [2.05, 4.69) is 32.2 Å². The first-order valence-electron chi connectivity index (χ1n) is 4.79. The van der Waals surface area contributed by atoms with Gasteiger partial charge in [-0.1, -0.05) is 29.8 Å². The van der Waals surface area contributed by atoms with Crippen molar-refractivity contribution in [3.8, 4) is 0 Å². The second-order valence-electron chi connectivity index (χ2n) is 2.88. The Morgan fingerprint density at radius 1 is 1.29 bits per heavy atom. The summed E-state index contributed by atoms with van der Waals surface area (Å²) in [5.74, 6) is 0. The predicted molar refractivity (Wildman–Crippen MR) is 63.7 cm³/mol. The highest BCUT2D eigenvalue weighted by atomic mass is 79.9. The summed E-state index contributed by atoms with van der Waals surface area (Å²) in [7, 11) is 0. The lowest BCUT2D eigenvalue weighted by Gasteiger charge is -2.01. The number of pyridine rings is 1. The summed E-state index contributed by atoms with van der Waals surface area (Å²) < 4.78 is 3.20. The number of halogens is 1. The van der Waals surface area contributed by atoms with Crippen molar-refractivity contribution in [2.24, 2.45) is 0 Å². The smallest absolute Gasteiger partial charge is 0.140 e. The Balaban J connectivity index is 0.000000461. The van der Waals surface area contributed by atoms with Crippen molar-refractivity contribution in [2.45, 2.75) is 27.7 Å². The normalized spacial score (nSPS) is 9.79. The van der Waals surface area contributed by atoms with Gasteiger partial charge in [0.25, 0.3) is 0 Å². The molecule has 0 spiro atoms. The second-order valence-corrected chi connectivity index (χ2v) is 3.74. The lowest BCUT2D eigenvalue weighted by Crippen LogP contribution is -1.89. The van der Waals surface area contributed by atoms with Gasteiger partial charge in [0.2, 0.25) is 0 Å². The van der Waals surface area contributed by atoms with Gasteiger partial charge in [-0.3, -0.25) is 0 Å². The van der Waals surface area contributed by atoms with Gasteiger partial charge in [0, 0.05) is 28.1 Å². The van der Waals surface area contributed by atoms with Crippen LogP contribution < -0.4 is 0 Å². The van der Waals surface area contributed by atoms with Gasteiger partial charge in [0.15, 0.2) is 0 Å². The van der Waals surface area contributed by atoms with Crippen LogP contribution in [0.15, 0.2) is 22.9 Å². The third kappa shape index (κ3) is 1.82. The van der Waals surface area contributed by atoms with E-state index < -0.39 is 0 Å². The van der Waals surface area contributed by atoms with Gasteiger partial charge in [-0.15, -0.1) is 0 Å². The first-order chi connectivity index (χ1) is 6.70. The van der Waals surface area contributed by atoms with Crippen molar-refractivity contribution in [3.05, 3.63) is 34.2 Å². The van der Waals surface area contributed by atoms with Crippen molar-refractivity contribution < 1.29 is 0 Å². The first kappa shape index (κ1) is 11.2. The third-order valence-corrected chi connectivity index (χ3v) is 2.90. The Labute approximate surface area is 93.1 Å². The molecule has 0 saturated heterocycles. The molecule has 0 atom stereocenters. The van der Waals surface area contributed by atoms with E-state index in [1.54, 1.807) is 0 Å². The molecule has 0 unspecified atom stereocenters. The van der Waals surface area contributed by atoms with Crippen molar-refractivity contribution in [2.75, 3.05) is 0 Å². The van der Waals surface area contributed by atoms with Gasteiger partial charge in [-0.05, 0) is 19.9 Å². The lowest BCUT2D eigenvalue weighted by molar-refractivity contribution is 1.09. The van der Waals surface area contributed by atoms with Gasteiger partial charge in [0.1, 0.15) is 5.65 Å². The summed E-state index contributed by atoms with van der Waals surface area (Å²) in [5, 5.41) is 0. The number of imidazole rings is 1. The molecule has 0 aliphatic rings. The monoisotopic (exact) mass is 254 g/mol. The topological polar surface area (TPSA) is 17.3 Å². The number of hydrogen-bond acceptors (Lipinski definition) is 1. The minimum atomic E-state index is 1.03. The fraction of sp³-hybridized carbons (Fsp3) is 0.364. The van der Waals surface area contributed by atoms with E-state index in [-0.39, 0.29) is 0 Å². The van der Waals surface area contributed by atoms with Crippen molar-refractivity contribution in [1.29, 1.82) is 0 Å². The summed E-state index contributed by atoms with van der Waals surface area (Å²) in [6.07, 6.45) is 3.91. The Morgan fingerprint density at radius 2 is 1.93 bits per heavy atom. The summed E-state index contributed by atoms with van der Waals surface area (Å²) >= 11 is 3.47. The first-order valence-corrected chi connectivity index (χ1v) is 5.58. The van der Waals surface area contributed by atoms with Crippen molar-refractivity contribution in [3.63, 3.8) is 0 Å². The number of hydrogen-bond donors (Lipinski definition) is 0. The molecule has 2 heterocycles. The predicted octanol–water partition coefficient (Wildman–Crippen LogP) is 3.74. The maximum absolute atomic E-state index is 4.31. The van der Waals surface area contributed by atoms with Gasteiger partial charge >= 0.3 is 0 Å². The fourth-order valence-corrected chi connectivity index (χ4v) is 1.58. The minimum Gasteiger partial charge on any atom is -0.304 e. The molecule has 0 aliphatic carbocycles. The molecule has 2 aromatic rings. The van der Waals surface area contributed by atoms with E-state index in [0.29, 0.717) is 0 Å². The Morgan fingerprint density at radius 3 is 2.57 bits per heavy atom. The average Bonchev–Trinajstić information content (AvgIpc) is 2.58. The standard InChI is InChI=1S/C9H9BrN2.C2H6/c1-6-5-11-9-7(2)8(10)3-4-12(6)9;1-2/h3-5H,1-2H3;1-2H3. The van der Waals surface area contributed by atoms with Crippen molar-refractivity contribution in [1.82, 2.24) is 9.38 Å². The summed E-state index contributed by atoms with van der Waals surface area (Å²) in [6.45, 7) is 8.11. The Hall–Kier alpha value is -0.830. The molecular weight excluding hydrogens is 240 g/mol. The van der Waals surface area contributed by atoms with E-state index in [0.717, 1.165) is 10.1 Å². The largest absolute Gasteiger partial charge is 0.304 e. The van der Waals surface area contributed by atoms with E-state index in [1.165, 1.54) is 11.3 Å². The van der Waals surface area contributed by atoms with Crippen LogP contribution in [0.4, 0.5) is 0 Å². The highest BCUT2D eigenvalue weighted by Gasteiger charge is 2.03. The fourth-order valence-electron chi connectivity index (χ4n) is 1.28. The molecule has 76 valence electrons. The number of nitrogens with zero attached hydrogens (tertiary/aromatic N) is 2. The maximum Gasteiger partial charge on any atom is 0.140 e. The molecule has 0 fully saturated rings. The van der Waals surface area contributed by atoms with E-state index in [4.69, 9.17) is 0 Å². The number of aryl methyl sites for hydroxylation is 2. The summed E-state index contributed by atoms with van der Waals surface area (Å²) in [4.78, 5) is 4.31. The molecule has 2 nitrogen and oxygen atoms in total. The van der Waals surface area contributed by atoms with Crippen LogP contribution in [0.3, 0.4) is 0 Å². The molecule has 2 aromatic heterocycles. The van der Waals surface area contributed by atoms with E-state index in [1.807, 2.05) is 39.2 Å². The molecule has 14 heavy (non-hydrogen) atoms. The number of fused-ring (bicyclic) bond motifs is 1. The zero-order valence-electron chi connectivity index (χ0n) is 9.00. The molecule has 0 saturated carbocycles. The van der Waals surface area contributed by atoms with E-state index >= 15 is 0 Å². The molecule has 0 aromatic carbocycles. The van der Waals surface area contributed by atoms with Crippen LogP contribution in [0, 0.1) is 13.8 Å². The zero-order valence-corrected chi connectivity index (χ0v) is 10.6. The van der Waals surface area contributed by atoms with Crippen LogP contribution in [-0.2, 0) is 0 Å². The van der Waals surface area contributed by atoms with Gasteiger partial charge < -0.3 is 4.40 Å². The summed E-state index contributed by atoms with van der Waals surface area (Å²) in [6, 6.07) is 2.04. The van der Waals surface area contributed by atoms with Crippen LogP contribution >= 0.6 is 15.9 Å². The van der Waals surface area contributed by atoms with Crippen LogP contribution in [0.1, 0.15) is 25.1 Å². The lowest BCUT2D eigenvalue weighted by atomic mass is 10.3. The molecule has 0 amide bonds. The highest BCUT2D eigenvalue weighted by Crippen LogP contribution is 2.20. The zero-order chi connectivity index (χ0) is 10.7. The van der Waals surface area contributed by atoms with Gasteiger partial charge in [-0.2, -0.15) is 0 Å². The van der Waals surface area contributed by atoms with Crippen molar-refractivity contribution >= 4 is 21.6 Å². The van der Waals surface area contributed by atoms with Crippen LogP contribution in [0.2, 0.25) is 0 Å². The number of aromatic nitrogens is 2. The van der Waals surface area contributed by atoms with Crippen LogP contribution in [0.25, 0.3) is 5.65 Å². The third-order valence-electron chi connectivity index (χ3n) is 2.05. The summed E-state index contributed by atoms with van der Waals surface area (Å²) in [5.41, 5.74) is 3.38. The molecule has 2 rings (SSSR count). The van der Waals surface area contributed by atoms with Gasteiger partial charge in [0.05, 0.1) is 0 Å². The van der Waals surface area contributed by atoms with E-state index in [9.17, 15) is 0 Å². The number of rotatable bonds is 0. The maximum atomic E-state index is 4.31. The molecule has 0 N–H and O–H groups in total. The Bertz CT molecular complexity index is 432. The highest BCUT2D eigenvalue weighted by molar-refractivity contribution is 9.10.